The van der Waals surface area contributed by atoms with E-state index in [2.05, 4.69) is 12.2 Å². The lowest BCUT2D eigenvalue weighted by atomic mass is 10.2. The molecule has 1 aromatic heterocycles. The Balaban J connectivity index is 1.45. The zero-order valence-electron chi connectivity index (χ0n) is 19.3. The van der Waals surface area contributed by atoms with Gasteiger partial charge < -0.3 is 15.2 Å². The van der Waals surface area contributed by atoms with Crippen LogP contribution in [0.2, 0.25) is 5.02 Å². The van der Waals surface area contributed by atoms with E-state index < -0.39 is 15.8 Å². The number of carboxylic acid groups (broad SMARTS) is 1. The Morgan fingerprint density at radius 3 is 2.71 bits per heavy atom. The van der Waals surface area contributed by atoms with Gasteiger partial charge in [0.15, 0.2) is 16.4 Å². The average Bonchev–Trinajstić information content (AvgIpc) is 3.09. The molecule has 2 aromatic carbocycles. The van der Waals surface area contributed by atoms with Crippen LogP contribution in [0.25, 0.3) is 10.1 Å². The Hall–Kier alpha value is -1.78. The number of benzene rings is 2. The van der Waals surface area contributed by atoms with Crippen LogP contribution in [-0.4, -0.2) is 50.2 Å². The number of carboxylic acids is 1. The van der Waals surface area contributed by atoms with E-state index in [1.54, 1.807) is 23.9 Å². The Labute approximate surface area is 213 Å². The minimum Gasteiger partial charge on any atom is -0.482 e. The molecule has 1 heterocycles. The first-order valence-electron chi connectivity index (χ1n) is 10.8. The number of sulfone groups is 1. The molecule has 0 aliphatic rings. The summed E-state index contributed by atoms with van der Waals surface area (Å²) in [6, 6.07) is 11.1. The highest BCUT2D eigenvalue weighted by Crippen LogP contribution is 2.36. The number of ether oxygens (including phenoxy) is 1. The van der Waals surface area contributed by atoms with Gasteiger partial charge in [-0.15, -0.1) is 23.1 Å². The number of nitrogens with one attached hydrogen (secondary N) is 1. The van der Waals surface area contributed by atoms with Gasteiger partial charge in [-0.2, -0.15) is 0 Å². The second kappa shape index (κ2) is 11.8. The Morgan fingerprint density at radius 1 is 1.24 bits per heavy atom. The van der Waals surface area contributed by atoms with Gasteiger partial charge in [0, 0.05) is 26.4 Å². The fourth-order valence-corrected chi connectivity index (χ4v) is 7.99. The van der Waals surface area contributed by atoms with Crippen molar-refractivity contribution in [2.45, 2.75) is 41.5 Å². The number of hydrogen-bond acceptors (Lipinski definition) is 7. The molecule has 2 N–H and O–H groups in total. The SMILES string of the molecule is Cc1cc(S[C@@H](C)CNCCCS(=O)(=O)c2sc3ccc(Cl)cc3c2C)ccc1OCC(=O)O. The van der Waals surface area contributed by atoms with Gasteiger partial charge in [-0.3, -0.25) is 0 Å². The molecule has 184 valence electrons. The van der Waals surface area contributed by atoms with E-state index in [0.717, 1.165) is 32.7 Å². The molecule has 3 aromatic rings. The molecule has 0 bridgehead atoms. The van der Waals surface area contributed by atoms with Crippen LogP contribution in [0.3, 0.4) is 0 Å². The van der Waals surface area contributed by atoms with Crippen molar-refractivity contribution in [1.29, 1.82) is 0 Å². The van der Waals surface area contributed by atoms with Gasteiger partial charge in [0.05, 0.1) is 5.75 Å². The lowest BCUT2D eigenvalue weighted by Gasteiger charge is -2.14. The second-order valence-corrected chi connectivity index (χ2v) is 13.4. The Morgan fingerprint density at radius 2 is 2.00 bits per heavy atom. The first-order valence-corrected chi connectivity index (χ1v) is 14.5. The summed E-state index contributed by atoms with van der Waals surface area (Å²) < 4.78 is 32.4. The van der Waals surface area contributed by atoms with Crippen molar-refractivity contribution in [2.24, 2.45) is 0 Å². The molecule has 6 nitrogen and oxygen atoms in total. The van der Waals surface area contributed by atoms with E-state index in [9.17, 15) is 13.2 Å². The number of halogens is 1. The molecule has 3 rings (SSSR count). The third kappa shape index (κ3) is 7.11. The molecule has 0 fully saturated rings. The van der Waals surface area contributed by atoms with Gasteiger partial charge in [-0.1, -0.05) is 18.5 Å². The summed E-state index contributed by atoms with van der Waals surface area (Å²) in [4.78, 5) is 11.7. The van der Waals surface area contributed by atoms with Crippen molar-refractivity contribution in [3.63, 3.8) is 0 Å². The standard InChI is InChI=1S/C24H28ClNO5S3/c1-15-11-19(6-7-21(15)31-14-23(27)28)32-16(2)13-26-9-4-10-34(29,30)24-17(3)20-12-18(25)5-8-22(20)33-24/h5-8,11-12,16,26H,4,9-10,13-14H2,1-3H3,(H,27,28)/t16-/m0/s1. The molecular weight excluding hydrogens is 514 g/mol. The second-order valence-electron chi connectivity index (χ2n) is 8.07. The first-order chi connectivity index (χ1) is 16.1. The zero-order valence-corrected chi connectivity index (χ0v) is 22.5. The molecule has 0 spiro atoms. The minimum atomic E-state index is -3.35. The largest absolute Gasteiger partial charge is 0.482 e. The predicted octanol–water partition coefficient (Wildman–Crippen LogP) is 5.57. The Bertz CT molecular complexity index is 1270. The number of carbonyl (C=O) groups is 1. The molecule has 10 heteroatoms. The van der Waals surface area contributed by atoms with Crippen molar-refractivity contribution in [3.8, 4) is 5.75 Å². The fourth-order valence-electron chi connectivity index (χ4n) is 3.52. The fraction of sp³-hybridized carbons (Fsp3) is 0.375. The van der Waals surface area contributed by atoms with Gasteiger partial charge in [0.1, 0.15) is 9.96 Å². The molecule has 0 saturated heterocycles. The summed E-state index contributed by atoms with van der Waals surface area (Å²) in [5.41, 5.74) is 1.66. The van der Waals surface area contributed by atoms with Crippen LogP contribution < -0.4 is 10.1 Å². The van der Waals surface area contributed by atoms with E-state index in [4.69, 9.17) is 21.4 Å². The summed E-state index contributed by atoms with van der Waals surface area (Å²) in [7, 11) is -3.35. The number of aliphatic carboxylic acids is 1. The Kier molecular flexibility index (Phi) is 9.28. The van der Waals surface area contributed by atoms with Crippen molar-refractivity contribution < 1.29 is 23.1 Å². The monoisotopic (exact) mass is 541 g/mol. The predicted molar refractivity (Wildman–Crippen MR) is 141 cm³/mol. The maximum absolute atomic E-state index is 12.9. The van der Waals surface area contributed by atoms with Crippen molar-refractivity contribution >= 4 is 60.6 Å². The van der Waals surface area contributed by atoms with Crippen molar-refractivity contribution in [2.75, 3.05) is 25.4 Å². The third-order valence-corrected chi connectivity index (χ3v) is 10.3. The summed E-state index contributed by atoms with van der Waals surface area (Å²) in [6.07, 6.45) is 0.531. The average molecular weight is 542 g/mol. The number of aryl methyl sites for hydroxylation is 2. The quantitative estimate of drug-likeness (QED) is 0.229. The maximum atomic E-state index is 12.9. The van der Waals surface area contributed by atoms with Crippen molar-refractivity contribution in [1.82, 2.24) is 5.32 Å². The highest BCUT2D eigenvalue weighted by molar-refractivity contribution is 8.00. The highest BCUT2D eigenvalue weighted by atomic mass is 35.5. The molecule has 0 radical (unpaired) electrons. The van der Waals surface area contributed by atoms with Gasteiger partial charge in [0.25, 0.3) is 0 Å². The molecule has 0 aliphatic heterocycles. The van der Waals surface area contributed by atoms with E-state index >= 15 is 0 Å². The summed E-state index contributed by atoms with van der Waals surface area (Å²) >= 11 is 9.07. The van der Waals surface area contributed by atoms with Crippen LogP contribution in [0.15, 0.2) is 45.5 Å². The third-order valence-electron chi connectivity index (χ3n) is 5.17. The minimum absolute atomic E-state index is 0.0971. The summed E-state index contributed by atoms with van der Waals surface area (Å²) in [6.45, 7) is 6.82. The highest BCUT2D eigenvalue weighted by Gasteiger charge is 2.21. The van der Waals surface area contributed by atoms with Gasteiger partial charge in [-0.05, 0) is 79.7 Å². The number of rotatable bonds is 12. The first kappa shape index (κ1) is 26.8. The van der Waals surface area contributed by atoms with E-state index in [1.165, 1.54) is 11.3 Å². The number of thioether (sulfide) groups is 1. The van der Waals surface area contributed by atoms with Gasteiger partial charge >= 0.3 is 5.97 Å². The van der Waals surface area contributed by atoms with E-state index in [0.29, 0.717) is 27.9 Å². The lowest BCUT2D eigenvalue weighted by Crippen LogP contribution is -2.25. The van der Waals surface area contributed by atoms with Gasteiger partial charge in [0.2, 0.25) is 0 Å². The number of thiophene rings is 1. The zero-order chi connectivity index (χ0) is 24.9. The molecule has 34 heavy (non-hydrogen) atoms. The van der Waals surface area contributed by atoms with Crippen LogP contribution in [0.4, 0.5) is 0 Å². The summed E-state index contributed by atoms with van der Waals surface area (Å²) in [5, 5.41) is 13.9. The topological polar surface area (TPSA) is 92.7 Å². The van der Waals surface area contributed by atoms with Crippen molar-refractivity contribution in [3.05, 3.63) is 52.5 Å². The molecule has 0 unspecified atom stereocenters. The molecular formula is C24H28ClNO5S3. The van der Waals surface area contributed by atoms with E-state index in [1.807, 2.05) is 38.1 Å². The van der Waals surface area contributed by atoms with Crippen LogP contribution >= 0.6 is 34.7 Å². The summed E-state index contributed by atoms with van der Waals surface area (Å²) in [5.74, 6) is -0.343. The van der Waals surface area contributed by atoms with Crippen LogP contribution in [0.1, 0.15) is 24.5 Å². The number of hydrogen-bond donors (Lipinski definition) is 2. The molecule has 0 amide bonds. The van der Waals surface area contributed by atoms with E-state index in [-0.39, 0.29) is 17.6 Å². The molecule has 1 atom stereocenters. The van der Waals surface area contributed by atoms with Gasteiger partial charge in [-0.25, -0.2) is 13.2 Å². The maximum Gasteiger partial charge on any atom is 0.341 e. The molecule has 0 aliphatic carbocycles. The lowest BCUT2D eigenvalue weighted by molar-refractivity contribution is -0.139. The normalized spacial score (nSPS) is 12.7. The molecule has 0 saturated carbocycles. The smallest absolute Gasteiger partial charge is 0.341 e. The van der Waals surface area contributed by atoms with Crippen LogP contribution in [0, 0.1) is 13.8 Å². The number of fused-ring (bicyclic) bond motifs is 1. The van der Waals surface area contributed by atoms with Crippen LogP contribution in [0.5, 0.6) is 5.75 Å². The van der Waals surface area contributed by atoms with Crippen LogP contribution in [-0.2, 0) is 14.6 Å².